The normalized spacial score (nSPS) is 21.7. The molecule has 30 heavy (non-hydrogen) atoms. The number of aliphatic imine (C=N–C) groups is 1. The summed E-state index contributed by atoms with van der Waals surface area (Å²) in [5.41, 5.74) is 2.60. The number of hydrogen-bond acceptors (Lipinski definition) is 5. The Morgan fingerprint density at radius 3 is 2.43 bits per heavy atom. The highest BCUT2D eigenvalue weighted by atomic mass is 16.5. The highest BCUT2D eigenvalue weighted by Crippen LogP contribution is 2.10. The molecule has 2 saturated heterocycles. The maximum atomic E-state index is 5.92. The Labute approximate surface area is 181 Å². The molecule has 1 unspecified atom stereocenters. The molecule has 0 saturated carbocycles. The predicted molar refractivity (Wildman–Crippen MR) is 122 cm³/mol. The molecular formula is C23H39N5O2. The van der Waals surface area contributed by atoms with E-state index in [1.165, 1.54) is 11.1 Å². The first-order chi connectivity index (χ1) is 14.6. The van der Waals surface area contributed by atoms with Gasteiger partial charge < -0.3 is 20.1 Å². The van der Waals surface area contributed by atoms with Gasteiger partial charge >= 0.3 is 0 Å². The number of nitrogens with zero attached hydrogens (tertiary/aromatic N) is 3. The van der Waals surface area contributed by atoms with Gasteiger partial charge in [0, 0.05) is 59.4 Å². The van der Waals surface area contributed by atoms with Gasteiger partial charge in [-0.1, -0.05) is 38.1 Å². The minimum Gasteiger partial charge on any atom is -0.379 e. The molecule has 2 fully saturated rings. The lowest BCUT2D eigenvalue weighted by molar-refractivity contribution is -0.0284. The number of hydrogen-bond donors (Lipinski definition) is 2. The van der Waals surface area contributed by atoms with Crippen molar-refractivity contribution in [2.75, 3.05) is 66.1 Å². The molecule has 2 aliphatic heterocycles. The Kier molecular flexibility index (Phi) is 9.39. The fourth-order valence-electron chi connectivity index (χ4n) is 3.98. The molecule has 7 heteroatoms. The lowest BCUT2D eigenvalue weighted by atomic mass is 10.1. The van der Waals surface area contributed by atoms with Crippen LogP contribution in [0.3, 0.4) is 0 Å². The van der Waals surface area contributed by atoms with E-state index in [0.717, 1.165) is 78.1 Å². The molecular weight excluding hydrogens is 378 g/mol. The summed E-state index contributed by atoms with van der Waals surface area (Å²) in [7, 11) is 1.81. The molecule has 2 N–H and O–H groups in total. The van der Waals surface area contributed by atoms with E-state index in [4.69, 9.17) is 9.47 Å². The molecule has 7 nitrogen and oxygen atoms in total. The van der Waals surface area contributed by atoms with Crippen LogP contribution in [-0.2, 0) is 22.6 Å². The molecule has 0 aliphatic carbocycles. The average molecular weight is 418 g/mol. The zero-order valence-electron chi connectivity index (χ0n) is 18.9. The zero-order chi connectivity index (χ0) is 21.2. The molecule has 0 radical (unpaired) electrons. The quantitative estimate of drug-likeness (QED) is 0.494. The van der Waals surface area contributed by atoms with Crippen molar-refractivity contribution in [1.82, 2.24) is 20.4 Å². The molecule has 2 aliphatic rings. The summed E-state index contributed by atoms with van der Waals surface area (Å²) in [6, 6.07) is 8.85. The second kappa shape index (κ2) is 12.2. The highest BCUT2D eigenvalue weighted by molar-refractivity contribution is 5.79. The molecule has 0 bridgehead atoms. The van der Waals surface area contributed by atoms with E-state index in [0.29, 0.717) is 5.92 Å². The van der Waals surface area contributed by atoms with Crippen LogP contribution in [0.5, 0.6) is 0 Å². The first-order valence-corrected chi connectivity index (χ1v) is 11.3. The van der Waals surface area contributed by atoms with Crippen molar-refractivity contribution in [2.45, 2.75) is 33.0 Å². The molecule has 1 aromatic carbocycles. The van der Waals surface area contributed by atoms with Gasteiger partial charge in [0.05, 0.1) is 25.9 Å². The molecule has 3 rings (SSSR count). The fraction of sp³-hybridized carbons (Fsp3) is 0.696. The number of morpholine rings is 2. The van der Waals surface area contributed by atoms with Crippen LogP contribution in [0.25, 0.3) is 0 Å². The lowest BCUT2D eigenvalue weighted by Gasteiger charge is -2.34. The lowest BCUT2D eigenvalue weighted by Crippen LogP contribution is -2.50. The molecule has 0 aromatic heterocycles. The van der Waals surface area contributed by atoms with Crippen molar-refractivity contribution in [3.63, 3.8) is 0 Å². The first kappa shape index (κ1) is 23.0. The van der Waals surface area contributed by atoms with E-state index in [9.17, 15) is 0 Å². The van der Waals surface area contributed by atoms with Crippen LogP contribution in [0.4, 0.5) is 0 Å². The fourth-order valence-corrected chi connectivity index (χ4v) is 3.98. The van der Waals surface area contributed by atoms with E-state index in [1.807, 2.05) is 7.05 Å². The Bertz CT molecular complexity index is 643. The minimum absolute atomic E-state index is 0.204. The van der Waals surface area contributed by atoms with E-state index < -0.39 is 0 Å². The largest absolute Gasteiger partial charge is 0.379 e. The van der Waals surface area contributed by atoms with Crippen LogP contribution in [-0.4, -0.2) is 88.0 Å². The van der Waals surface area contributed by atoms with Crippen molar-refractivity contribution in [3.8, 4) is 0 Å². The van der Waals surface area contributed by atoms with Crippen LogP contribution in [0, 0.1) is 5.92 Å². The third-order valence-electron chi connectivity index (χ3n) is 5.56. The maximum Gasteiger partial charge on any atom is 0.191 e. The van der Waals surface area contributed by atoms with Crippen LogP contribution in [0.15, 0.2) is 29.3 Å². The molecule has 0 amide bonds. The predicted octanol–water partition coefficient (Wildman–Crippen LogP) is 1.54. The van der Waals surface area contributed by atoms with Crippen LogP contribution in [0.2, 0.25) is 0 Å². The van der Waals surface area contributed by atoms with E-state index in [1.54, 1.807) is 0 Å². The van der Waals surface area contributed by atoms with Crippen molar-refractivity contribution < 1.29 is 9.47 Å². The summed E-state index contributed by atoms with van der Waals surface area (Å²) in [6.45, 7) is 14.7. The Hall–Kier alpha value is -1.67. The van der Waals surface area contributed by atoms with Gasteiger partial charge in [-0.3, -0.25) is 14.8 Å². The number of rotatable bonds is 8. The van der Waals surface area contributed by atoms with Gasteiger partial charge in [0.1, 0.15) is 0 Å². The van der Waals surface area contributed by atoms with Crippen molar-refractivity contribution in [1.29, 1.82) is 0 Å². The van der Waals surface area contributed by atoms with Crippen LogP contribution >= 0.6 is 0 Å². The topological polar surface area (TPSA) is 61.4 Å². The van der Waals surface area contributed by atoms with E-state index >= 15 is 0 Å². The van der Waals surface area contributed by atoms with Gasteiger partial charge in [-0.05, 0) is 17.0 Å². The van der Waals surface area contributed by atoms with Gasteiger partial charge in [-0.15, -0.1) is 0 Å². The minimum atomic E-state index is 0.204. The third kappa shape index (κ3) is 7.87. The van der Waals surface area contributed by atoms with E-state index in [2.05, 4.69) is 63.5 Å². The number of ether oxygens (including phenoxy) is 2. The van der Waals surface area contributed by atoms with Gasteiger partial charge in [0.15, 0.2) is 5.96 Å². The third-order valence-corrected chi connectivity index (χ3v) is 5.56. The number of nitrogens with one attached hydrogen (secondary N) is 2. The summed E-state index contributed by atoms with van der Waals surface area (Å²) in [6.07, 6.45) is 0.204. The highest BCUT2D eigenvalue weighted by Gasteiger charge is 2.21. The molecule has 2 heterocycles. The molecule has 1 atom stereocenters. The summed E-state index contributed by atoms with van der Waals surface area (Å²) in [4.78, 5) is 9.29. The van der Waals surface area contributed by atoms with Crippen LogP contribution < -0.4 is 10.6 Å². The molecule has 168 valence electrons. The SMILES string of the molecule is CN=C(NCc1ccc(CN2CCOCC2)cc1)NCC1CN(CC(C)C)CCO1. The van der Waals surface area contributed by atoms with Gasteiger partial charge in [0.2, 0.25) is 0 Å². The van der Waals surface area contributed by atoms with Gasteiger partial charge in [-0.25, -0.2) is 0 Å². The van der Waals surface area contributed by atoms with Gasteiger partial charge in [0.25, 0.3) is 0 Å². The van der Waals surface area contributed by atoms with Crippen molar-refractivity contribution in [2.24, 2.45) is 10.9 Å². The Morgan fingerprint density at radius 2 is 1.73 bits per heavy atom. The number of guanidine groups is 1. The summed E-state index contributed by atoms with van der Waals surface area (Å²) in [5.74, 6) is 1.50. The monoisotopic (exact) mass is 417 g/mol. The van der Waals surface area contributed by atoms with E-state index in [-0.39, 0.29) is 6.10 Å². The summed E-state index contributed by atoms with van der Waals surface area (Å²) in [5, 5.41) is 6.83. The van der Waals surface area contributed by atoms with Crippen molar-refractivity contribution in [3.05, 3.63) is 35.4 Å². The Balaban J connectivity index is 1.38. The van der Waals surface area contributed by atoms with Gasteiger partial charge in [-0.2, -0.15) is 0 Å². The smallest absolute Gasteiger partial charge is 0.191 e. The summed E-state index contributed by atoms with van der Waals surface area (Å²) >= 11 is 0. The average Bonchev–Trinajstić information content (AvgIpc) is 2.75. The Morgan fingerprint density at radius 1 is 1.03 bits per heavy atom. The number of benzene rings is 1. The first-order valence-electron chi connectivity index (χ1n) is 11.3. The molecule has 1 aromatic rings. The maximum absolute atomic E-state index is 5.92. The van der Waals surface area contributed by atoms with Crippen molar-refractivity contribution >= 4 is 5.96 Å². The zero-order valence-corrected chi connectivity index (χ0v) is 18.9. The summed E-state index contributed by atoms with van der Waals surface area (Å²) < 4.78 is 11.3. The second-order valence-corrected chi connectivity index (χ2v) is 8.66. The molecule has 0 spiro atoms. The standard InChI is InChI=1S/C23H39N5O2/c1-19(2)16-28-10-13-30-22(18-28)15-26-23(24-3)25-14-20-4-6-21(7-5-20)17-27-8-11-29-12-9-27/h4-7,19,22H,8-18H2,1-3H3,(H2,24,25,26). The second-order valence-electron chi connectivity index (χ2n) is 8.66. The van der Waals surface area contributed by atoms with Crippen LogP contribution in [0.1, 0.15) is 25.0 Å².